The Hall–Kier alpha value is 0.270. The normalized spacial score (nSPS) is 25.5. The highest BCUT2D eigenvalue weighted by Gasteiger charge is 2.39. The number of rotatable bonds is 2. The Bertz CT molecular complexity index is 188. The third kappa shape index (κ3) is 3.38. The highest BCUT2D eigenvalue weighted by Crippen LogP contribution is 2.41. The minimum Gasteiger partial charge on any atom is -0.303 e. The maximum Gasteiger partial charge on any atom is 0.00950 e. The van der Waals surface area contributed by atoms with Gasteiger partial charge in [0, 0.05) is 19.6 Å². The van der Waals surface area contributed by atoms with E-state index in [1.54, 1.807) is 0 Å². The van der Waals surface area contributed by atoms with Crippen LogP contribution in [0.15, 0.2) is 0 Å². The van der Waals surface area contributed by atoms with Crippen LogP contribution in [0.3, 0.4) is 0 Å². The first-order chi connectivity index (χ1) is 7.78. The molecular weight excluding hydrogens is 216 g/mol. The van der Waals surface area contributed by atoms with Gasteiger partial charge in [-0.1, -0.05) is 32.7 Å². The van der Waals surface area contributed by atoms with Gasteiger partial charge in [0.1, 0.15) is 0 Å². The predicted octanol–water partition coefficient (Wildman–Crippen LogP) is 3.10. The smallest absolute Gasteiger partial charge is 0.00950 e. The molecule has 16 heavy (non-hydrogen) atoms. The summed E-state index contributed by atoms with van der Waals surface area (Å²) >= 11 is 1.91. The number of hydrogen-bond acceptors (Lipinski definition) is 3. The topological polar surface area (TPSA) is 6.48 Å². The van der Waals surface area contributed by atoms with Gasteiger partial charge in [-0.3, -0.25) is 4.31 Å². The molecule has 0 N–H and O–H groups in total. The van der Waals surface area contributed by atoms with E-state index in [4.69, 9.17) is 0 Å². The first-order valence-electron chi connectivity index (χ1n) is 6.79. The van der Waals surface area contributed by atoms with Crippen molar-refractivity contribution in [3.8, 4) is 0 Å². The van der Waals surface area contributed by atoms with Gasteiger partial charge in [-0.15, -0.1) is 0 Å². The molecule has 0 atom stereocenters. The Balaban J connectivity index is 0.000000606. The van der Waals surface area contributed by atoms with Gasteiger partial charge in [0.25, 0.3) is 0 Å². The second-order valence-electron chi connectivity index (χ2n) is 4.73. The lowest BCUT2D eigenvalue weighted by atomic mass is 9.78. The third-order valence-corrected chi connectivity index (χ3v) is 4.89. The zero-order valence-electron chi connectivity index (χ0n) is 11.5. The van der Waals surface area contributed by atoms with Gasteiger partial charge in [0.15, 0.2) is 0 Å². The van der Waals surface area contributed by atoms with Crippen LogP contribution in [-0.2, 0) is 0 Å². The van der Waals surface area contributed by atoms with Crippen LogP contribution in [-0.4, -0.2) is 48.2 Å². The summed E-state index contributed by atoms with van der Waals surface area (Å²) in [6, 6.07) is 0. The average Bonchev–Trinajstić information content (AvgIpc) is 2.76. The molecule has 0 radical (unpaired) electrons. The summed E-state index contributed by atoms with van der Waals surface area (Å²) in [5, 5.41) is 0. The molecule has 0 aliphatic carbocycles. The Morgan fingerprint density at radius 1 is 1.06 bits per heavy atom. The second-order valence-corrected chi connectivity index (χ2v) is 5.61. The fourth-order valence-electron chi connectivity index (χ4n) is 2.85. The largest absolute Gasteiger partial charge is 0.303 e. The molecule has 2 heterocycles. The average molecular weight is 244 g/mol. The van der Waals surface area contributed by atoms with Gasteiger partial charge in [-0.05, 0) is 44.0 Å². The molecule has 3 heteroatoms. The van der Waals surface area contributed by atoms with Crippen LogP contribution in [0, 0.1) is 5.41 Å². The molecular formula is C13H28N2S. The number of nitrogens with zero attached hydrogens (tertiary/aromatic N) is 2. The van der Waals surface area contributed by atoms with Gasteiger partial charge in [0.2, 0.25) is 0 Å². The Kier molecular flexibility index (Phi) is 6.16. The lowest BCUT2D eigenvalue weighted by molar-refractivity contribution is 0.163. The summed E-state index contributed by atoms with van der Waals surface area (Å²) in [6.45, 7) is 12.9. The van der Waals surface area contributed by atoms with Crippen molar-refractivity contribution in [2.45, 2.75) is 40.0 Å². The molecule has 0 saturated carbocycles. The van der Waals surface area contributed by atoms with Crippen molar-refractivity contribution in [1.82, 2.24) is 9.21 Å². The van der Waals surface area contributed by atoms with E-state index in [1.165, 1.54) is 52.0 Å². The van der Waals surface area contributed by atoms with Crippen molar-refractivity contribution in [3.05, 3.63) is 0 Å². The van der Waals surface area contributed by atoms with Crippen LogP contribution in [0.2, 0.25) is 0 Å². The molecule has 0 amide bonds. The second kappa shape index (κ2) is 6.87. The molecule has 0 aromatic rings. The Morgan fingerprint density at radius 2 is 1.62 bits per heavy atom. The Morgan fingerprint density at radius 3 is 2.06 bits per heavy atom. The van der Waals surface area contributed by atoms with E-state index in [9.17, 15) is 0 Å². The van der Waals surface area contributed by atoms with Crippen molar-refractivity contribution >= 4 is 11.9 Å². The first kappa shape index (κ1) is 14.3. The van der Waals surface area contributed by atoms with E-state index < -0.39 is 0 Å². The highest BCUT2D eigenvalue weighted by molar-refractivity contribution is 7.96. The standard InChI is InChI=1S/C11H22N2S.C2H6/c1-3-12-7-4-11(10-12)5-8-13(14-2)9-6-11;1-2/h3-10H2,1-2H3;1-2H3. The molecule has 2 aliphatic rings. The monoisotopic (exact) mass is 244 g/mol. The molecule has 2 fully saturated rings. The zero-order valence-corrected chi connectivity index (χ0v) is 12.3. The minimum absolute atomic E-state index is 0.697. The van der Waals surface area contributed by atoms with Gasteiger partial charge < -0.3 is 4.90 Å². The number of hydrogen-bond donors (Lipinski definition) is 0. The molecule has 0 aromatic carbocycles. The van der Waals surface area contributed by atoms with E-state index >= 15 is 0 Å². The van der Waals surface area contributed by atoms with Crippen molar-refractivity contribution in [2.24, 2.45) is 5.41 Å². The summed E-state index contributed by atoms with van der Waals surface area (Å²) in [4.78, 5) is 2.62. The maximum absolute atomic E-state index is 2.62. The fraction of sp³-hybridized carbons (Fsp3) is 1.00. The third-order valence-electron chi connectivity index (χ3n) is 4.01. The van der Waals surface area contributed by atoms with E-state index in [0.29, 0.717) is 5.41 Å². The zero-order chi connectivity index (χ0) is 12.0. The molecule has 0 unspecified atom stereocenters. The number of likely N-dealkylation sites (tertiary alicyclic amines) is 1. The molecule has 2 aliphatic heterocycles. The summed E-state index contributed by atoms with van der Waals surface area (Å²) < 4.78 is 2.51. The minimum atomic E-state index is 0.697. The van der Waals surface area contributed by atoms with Crippen LogP contribution in [0.25, 0.3) is 0 Å². The molecule has 96 valence electrons. The molecule has 0 aromatic heterocycles. The van der Waals surface area contributed by atoms with E-state index in [-0.39, 0.29) is 0 Å². The Labute approximate surface area is 106 Å². The van der Waals surface area contributed by atoms with Crippen molar-refractivity contribution in [1.29, 1.82) is 0 Å². The predicted molar refractivity (Wildman–Crippen MR) is 74.8 cm³/mol. The van der Waals surface area contributed by atoms with Crippen LogP contribution < -0.4 is 0 Å². The summed E-state index contributed by atoms with van der Waals surface area (Å²) in [7, 11) is 0. The molecule has 0 bridgehead atoms. The van der Waals surface area contributed by atoms with Crippen molar-refractivity contribution in [2.75, 3.05) is 39.0 Å². The van der Waals surface area contributed by atoms with Gasteiger partial charge in [-0.25, -0.2) is 0 Å². The molecule has 2 rings (SSSR count). The van der Waals surface area contributed by atoms with E-state index in [1.807, 2.05) is 25.8 Å². The van der Waals surface area contributed by atoms with Crippen LogP contribution in [0.5, 0.6) is 0 Å². The van der Waals surface area contributed by atoms with E-state index in [2.05, 4.69) is 22.4 Å². The highest BCUT2D eigenvalue weighted by atomic mass is 32.2. The quantitative estimate of drug-likeness (QED) is 0.689. The maximum atomic E-state index is 2.62. The summed E-state index contributed by atoms with van der Waals surface area (Å²) in [5.74, 6) is 0. The van der Waals surface area contributed by atoms with Gasteiger partial charge in [-0.2, -0.15) is 0 Å². The van der Waals surface area contributed by atoms with Crippen molar-refractivity contribution < 1.29 is 0 Å². The lowest BCUT2D eigenvalue weighted by Crippen LogP contribution is -2.38. The van der Waals surface area contributed by atoms with Crippen molar-refractivity contribution in [3.63, 3.8) is 0 Å². The first-order valence-corrected chi connectivity index (χ1v) is 7.97. The van der Waals surface area contributed by atoms with Crippen LogP contribution in [0.4, 0.5) is 0 Å². The van der Waals surface area contributed by atoms with Crippen LogP contribution in [0.1, 0.15) is 40.0 Å². The van der Waals surface area contributed by atoms with Crippen LogP contribution >= 0.6 is 11.9 Å². The summed E-state index contributed by atoms with van der Waals surface area (Å²) in [6.07, 6.45) is 6.49. The number of piperidine rings is 1. The SMILES string of the molecule is CC.CCN1CCC2(CCN(SC)CC2)C1. The van der Waals surface area contributed by atoms with Gasteiger partial charge >= 0.3 is 0 Å². The molecule has 1 spiro atoms. The lowest BCUT2D eigenvalue weighted by Gasteiger charge is -2.38. The molecule has 2 nitrogen and oxygen atoms in total. The summed E-state index contributed by atoms with van der Waals surface area (Å²) in [5.41, 5.74) is 0.697. The fourth-order valence-corrected chi connectivity index (χ4v) is 3.40. The molecule has 2 saturated heterocycles. The van der Waals surface area contributed by atoms with E-state index in [0.717, 1.165) is 0 Å². The van der Waals surface area contributed by atoms with Gasteiger partial charge in [0.05, 0.1) is 0 Å².